The van der Waals surface area contributed by atoms with Gasteiger partial charge in [0.05, 0.1) is 24.4 Å². The predicted molar refractivity (Wildman–Crippen MR) is 58.4 cm³/mol. The Morgan fingerprint density at radius 3 is 2.73 bits per heavy atom. The normalized spacial score (nSPS) is 9.80. The molecule has 0 atom stereocenters. The first-order chi connectivity index (χ1) is 7.11. The zero-order valence-corrected chi connectivity index (χ0v) is 9.30. The second-order valence-electron chi connectivity index (χ2n) is 2.77. The molecule has 0 saturated carbocycles. The highest BCUT2D eigenvalue weighted by Gasteiger charge is 2.19. The van der Waals surface area contributed by atoms with Crippen molar-refractivity contribution < 1.29 is 14.3 Å². The number of methoxy groups -OCH3 is 1. The van der Waals surface area contributed by atoms with Gasteiger partial charge < -0.3 is 15.2 Å². The summed E-state index contributed by atoms with van der Waals surface area (Å²) < 4.78 is 9.86. The summed E-state index contributed by atoms with van der Waals surface area (Å²) in [7, 11) is 1.42. The molecule has 2 N–H and O–H groups in total. The van der Waals surface area contributed by atoms with Crippen molar-refractivity contribution in [2.24, 2.45) is 0 Å². The molecule has 0 radical (unpaired) electrons. The monoisotopic (exact) mass is 229 g/mol. The highest BCUT2D eigenvalue weighted by molar-refractivity contribution is 6.34. The molecule has 1 aromatic rings. The van der Waals surface area contributed by atoms with E-state index < -0.39 is 5.97 Å². The van der Waals surface area contributed by atoms with Crippen LogP contribution in [0.2, 0.25) is 5.02 Å². The van der Waals surface area contributed by atoms with Gasteiger partial charge in [0.25, 0.3) is 0 Å². The second-order valence-corrected chi connectivity index (χ2v) is 3.17. The van der Waals surface area contributed by atoms with Crippen LogP contribution in [0.5, 0.6) is 5.75 Å². The van der Waals surface area contributed by atoms with E-state index in [1.54, 1.807) is 13.0 Å². The van der Waals surface area contributed by atoms with Crippen LogP contribution in [0.1, 0.15) is 17.3 Å². The molecule has 0 heterocycles. The molecule has 0 aliphatic carbocycles. The number of halogens is 1. The number of rotatable bonds is 3. The van der Waals surface area contributed by atoms with Crippen molar-refractivity contribution >= 4 is 23.3 Å². The van der Waals surface area contributed by atoms with Crippen LogP contribution in [-0.2, 0) is 4.74 Å². The Kier molecular flexibility index (Phi) is 3.80. The molecule has 5 heteroatoms. The molecule has 0 spiro atoms. The highest BCUT2D eigenvalue weighted by atomic mass is 35.5. The number of ether oxygens (including phenoxy) is 2. The molecule has 0 unspecified atom stereocenters. The summed E-state index contributed by atoms with van der Waals surface area (Å²) >= 11 is 5.87. The molecular formula is C10H12ClNO3. The van der Waals surface area contributed by atoms with Crippen molar-refractivity contribution in [3.8, 4) is 5.75 Å². The van der Waals surface area contributed by atoms with Gasteiger partial charge in [-0.3, -0.25) is 0 Å². The van der Waals surface area contributed by atoms with Crippen LogP contribution in [0.4, 0.5) is 5.69 Å². The molecule has 0 aromatic heterocycles. The Bertz CT molecular complexity index is 379. The standard InChI is InChI=1S/C10H12ClNO3/c1-3-15-10(13)8-6(11)4-5-7(12)9(8)14-2/h4-5H,3,12H2,1-2H3. The van der Waals surface area contributed by atoms with E-state index in [1.165, 1.54) is 13.2 Å². The Balaban J connectivity index is 3.24. The van der Waals surface area contributed by atoms with Gasteiger partial charge in [0.2, 0.25) is 0 Å². The Morgan fingerprint density at radius 2 is 2.20 bits per heavy atom. The van der Waals surface area contributed by atoms with E-state index in [9.17, 15) is 4.79 Å². The summed E-state index contributed by atoms with van der Waals surface area (Å²) in [6, 6.07) is 3.11. The van der Waals surface area contributed by atoms with Crippen LogP contribution in [0.25, 0.3) is 0 Å². The first-order valence-corrected chi connectivity index (χ1v) is 4.78. The third-order valence-electron chi connectivity index (χ3n) is 1.82. The maximum Gasteiger partial charge on any atom is 0.343 e. The summed E-state index contributed by atoms with van der Waals surface area (Å²) in [5, 5.41) is 0.263. The van der Waals surface area contributed by atoms with E-state index in [1.807, 2.05) is 0 Å². The first-order valence-electron chi connectivity index (χ1n) is 4.40. The van der Waals surface area contributed by atoms with Crippen LogP contribution in [0, 0.1) is 0 Å². The van der Waals surface area contributed by atoms with Crippen molar-refractivity contribution in [1.82, 2.24) is 0 Å². The number of anilines is 1. The van der Waals surface area contributed by atoms with Gasteiger partial charge >= 0.3 is 5.97 Å². The van der Waals surface area contributed by atoms with Gasteiger partial charge in [0.15, 0.2) is 5.75 Å². The van der Waals surface area contributed by atoms with Gasteiger partial charge in [-0.1, -0.05) is 11.6 Å². The smallest absolute Gasteiger partial charge is 0.343 e. The Labute approximate surface area is 92.9 Å². The SMILES string of the molecule is CCOC(=O)c1c(Cl)ccc(N)c1OC. The first kappa shape index (κ1) is 11.7. The van der Waals surface area contributed by atoms with Crippen molar-refractivity contribution in [2.45, 2.75) is 6.92 Å². The van der Waals surface area contributed by atoms with Crippen molar-refractivity contribution in [2.75, 3.05) is 19.5 Å². The van der Waals surface area contributed by atoms with Gasteiger partial charge in [-0.15, -0.1) is 0 Å². The fourth-order valence-electron chi connectivity index (χ4n) is 1.19. The lowest BCUT2D eigenvalue weighted by atomic mass is 10.1. The second kappa shape index (κ2) is 4.89. The number of esters is 1. The minimum atomic E-state index is -0.536. The highest BCUT2D eigenvalue weighted by Crippen LogP contribution is 2.32. The fourth-order valence-corrected chi connectivity index (χ4v) is 1.41. The average molecular weight is 230 g/mol. The zero-order chi connectivity index (χ0) is 11.4. The zero-order valence-electron chi connectivity index (χ0n) is 8.54. The summed E-state index contributed by atoms with van der Waals surface area (Å²) in [5.74, 6) is -0.285. The van der Waals surface area contributed by atoms with Gasteiger partial charge in [0, 0.05) is 0 Å². The number of nitrogens with two attached hydrogens (primary N) is 1. The summed E-state index contributed by atoms with van der Waals surface area (Å²) in [6.07, 6.45) is 0. The Morgan fingerprint density at radius 1 is 1.53 bits per heavy atom. The van der Waals surface area contributed by atoms with E-state index in [0.717, 1.165) is 0 Å². The number of hydrogen-bond acceptors (Lipinski definition) is 4. The van der Waals surface area contributed by atoms with Gasteiger partial charge in [-0.05, 0) is 19.1 Å². The minimum absolute atomic E-state index is 0.168. The maximum atomic E-state index is 11.6. The van der Waals surface area contributed by atoms with E-state index >= 15 is 0 Å². The lowest BCUT2D eigenvalue weighted by Gasteiger charge is -2.11. The topological polar surface area (TPSA) is 61.5 Å². The van der Waals surface area contributed by atoms with E-state index in [-0.39, 0.29) is 22.9 Å². The average Bonchev–Trinajstić information content (AvgIpc) is 2.21. The van der Waals surface area contributed by atoms with E-state index in [2.05, 4.69) is 0 Å². The molecule has 4 nitrogen and oxygen atoms in total. The summed E-state index contributed by atoms with van der Waals surface area (Å²) in [5.41, 5.74) is 6.16. The molecule has 0 fully saturated rings. The van der Waals surface area contributed by atoms with Crippen LogP contribution >= 0.6 is 11.6 Å². The van der Waals surface area contributed by atoms with Gasteiger partial charge in [-0.2, -0.15) is 0 Å². The molecule has 0 aliphatic rings. The van der Waals surface area contributed by atoms with Crippen molar-refractivity contribution in [1.29, 1.82) is 0 Å². The lowest BCUT2D eigenvalue weighted by molar-refractivity contribution is 0.0523. The lowest BCUT2D eigenvalue weighted by Crippen LogP contribution is -2.09. The van der Waals surface area contributed by atoms with Crippen LogP contribution in [-0.4, -0.2) is 19.7 Å². The molecule has 0 saturated heterocycles. The number of nitrogen functional groups attached to an aromatic ring is 1. The minimum Gasteiger partial charge on any atom is -0.494 e. The Hall–Kier alpha value is -1.42. The molecule has 1 rings (SSSR count). The van der Waals surface area contributed by atoms with Gasteiger partial charge in [0.1, 0.15) is 5.56 Å². The quantitative estimate of drug-likeness (QED) is 0.637. The third-order valence-corrected chi connectivity index (χ3v) is 2.14. The third kappa shape index (κ3) is 2.33. The summed E-state index contributed by atoms with van der Waals surface area (Å²) in [4.78, 5) is 11.6. The number of benzene rings is 1. The van der Waals surface area contributed by atoms with Gasteiger partial charge in [-0.25, -0.2) is 4.79 Å². The molecule has 0 aliphatic heterocycles. The fraction of sp³-hybridized carbons (Fsp3) is 0.300. The predicted octanol–water partition coefficient (Wildman–Crippen LogP) is 2.11. The van der Waals surface area contributed by atoms with E-state index in [0.29, 0.717) is 5.69 Å². The molecule has 1 aromatic carbocycles. The van der Waals surface area contributed by atoms with Crippen molar-refractivity contribution in [3.63, 3.8) is 0 Å². The molecule has 15 heavy (non-hydrogen) atoms. The van der Waals surface area contributed by atoms with Crippen LogP contribution in [0.3, 0.4) is 0 Å². The molecule has 0 bridgehead atoms. The van der Waals surface area contributed by atoms with Crippen LogP contribution in [0.15, 0.2) is 12.1 Å². The molecular weight excluding hydrogens is 218 g/mol. The molecule has 82 valence electrons. The van der Waals surface area contributed by atoms with Crippen molar-refractivity contribution in [3.05, 3.63) is 22.7 Å². The number of hydrogen-bond donors (Lipinski definition) is 1. The van der Waals surface area contributed by atoms with E-state index in [4.69, 9.17) is 26.8 Å². The maximum absolute atomic E-state index is 11.6. The largest absolute Gasteiger partial charge is 0.494 e. The number of carbonyl (C=O) groups excluding carboxylic acids is 1. The number of carbonyl (C=O) groups is 1. The van der Waals surface area contributed by atoms with Crippen LogP contribution < -0.4 is 10.5 Å². The molecule has 0 amide bonds. The summed E-state index contributed by atoms with van der Waals surface area (Å²) in [6.45, 7) is 1.98.